The van der Waals surface area contributed by atoms with E-state index in [1.807, 2.05) is 0 Å². The van der Waals surface area contributed by atoms with Crippen molar-refractivity contribution >= 4 is 23.5 Å². The highest BCUT2D eigenvalue weighted by Gasteiger charge is 2.33. The van der Waals surface area contributed by atoms with Gasteiger partial charge >= 0.3 is 11.7 Å². The van der Waals surface area contributed by atoms with Crippen molar-refractivity contribution in [2.24, 2.45) is 0 Å². The molecule has 7 nitrogen and oxygen atoms in total. The highest BCUT2D eigenvalue weighted by Crippen LogP contribution is 2.31. The van der Waals surface area contributed by atoms with E-state index in [2.05, 4.69) is 4.98 Å². The van der Waals surface area contributed by atoms with Gasteiger partial charge in [-0.25, -0.2) is 9.59 Å². The summed E-state index contributed by atoms with van der Waals surface area (Å²) in [6, 6.07) is 1.51. The summed E-state index contributed by atoms with van der Waals surface area (Å²) in [6.07, 6.45) is 0.980. The zero-order valence-corrected chi connectivity index (χ0v) is 10.6. The van der Waals surface area contributed by atoms with E-state index in [9.17, 15) is 9.59 Å². The number of anilines is 1. The topological polar surface area (TPSA) is 96.4 Å². The summed E-state index contributed by atoms with van der Waals surface area (Å²) >= 11 is 1.29. The summed E-state index contributed by atoms with van der Waals surface area (Å²) in [7, 11) is 0. The first-order chi connectivity index (χ1) is 8.61. The fourth-order valence-electron chi connectivity index (χ4n) is 1.52. The SMILES string of the molecule is CCOC(=O)[C@H]1O[C@@H](n2ccc(N)nc2=O)CS1. The Balaban J connectivity index is 2.09. The summed E-state index contributed by atoms with van der Waals surface area (Å²) < 4.78 is 11.6. The molecule has 0 aliphatic carbocycles. The van der Waals surface area contributed by atoms with E-state index >= 15 is 0 Å². The normalized spacial score (nSPS) is 22.9. The Hall–Kier alpha value is -1.54. The number of esters is 1. The molecule has 1 aliphatic heterocycles. The maximum Gasteiger partial charge on any atom is 0.351 e. The number of carbonyl (C=O) groups is 1. The molecule has 1 aliphatic rings. The van der Waals surface area contributed by atoms with Gasteiger partial charge in [0, 0.05) is 11.9 Å². The summed E-state index contributed by atoms with van der Waals surface area (Å²) in [5, 5.41) is 0. The maximum absolute atomic E-state index is 11.6. The Labute approximate surface area is 107 Å². The van der Waals surface area contributed by atoms with Crippen LogP contribution in [0.15, 0.2) is 17.1 Å². The van der Waals surface area contributed by atoms with E-state index < -0.39 is 23.3 Å². The molecule has 1 aromatic rings. The minimum atomic E-state index is -0.695. The van der Waals surface area contributed by atoms with E-state index in [4.69, 9.17) is 15.2 Å². The third kappa shape index (κ3) is 2.65. The molecule has 0 bridgehead atoms. The lowest BCUT2D eigenvalue weighted by Gasteiger charge is -2.13. The number of thioether (sulfide) groups is 1. The fraction of sp³-hybridized carbons (Fsp3) is 0.500. The molecule has 2 N–H and O–H groups in total. The van der Waals surface area contributed by atoms with Crippen molar-refractivity contribution in [3.63, 3.8) is 0 Å². The summed E-state index contributed by atoms with van der Waals surface area (Å²) in [5.74, 6) is 0.208. The third-order valence-corrected chi connectivity index (χ3v) is 3.40. The van der Waals surface area contributed by atoms with Crippen molar-refractivity contribution in [2.75, 3.05) is 18.1 Å². The molecule has 2 atom stereocenters. The number of hydrogen-bond acceptors (Lipinski definition) is 7. The zero-order chi connectivity index (χ0) is 13.1. The van der Waals surface area contributed by atoms with E-state index in [0.29, 0.717) is 12.4 Å². The number of ether oxygens (including phenoxy) is 2. The lowest BCUT2D eigenvalue weighted by molar-refractivity contribution is -0.153. The van der Waals surface area contributed by atoms with Crippen molar-refractivity contribution in [1.29, 1.82) is 0 Å². The molecule has 0 radical (unpaired) electrons. The minimum absolute atomic E-state index is 0.156. The van der Waals surface area contributed by atoms with Gasteiger partial charge in [0.1, 0.15) is 12.0 Å². The summed E-state index contributed by atoms with van der Waals surface area (Å²) in [5.41, 5.74) is 4.21. The molecule has 98 valence electrons. The highest BCUT2D eigenvalue weighted by molar-refractivity contribution is 8.00. The Bertz CT molecular complexity index is 504. The highest BCUT2D eigenvalue weighted by atomic mass is 32.2. The zero-order valence-electron chi connectivity index (χ0n) is 9.74. The van der Waals surface area contributed by atoms with Crippen LogP contribution in [-0.4, -0.2) is 33.3 Å². The Kier molecular flexibility index (Phi) is 3.87. The number of nitrogen functional groups attached to an aromatic ring is 1. The molecule has 1 fully saturated rings. The molecule has 8 heteroatoms. The number of hydrogen-bond donors (Lipinski definition) is 1. The molecular weight excluding hydrogens is 258 g/mol. The van der Waals surface area contributed by atoms with Crippen LogP contribution < -0.4 is 11.4 Å². The lowest BCUT2D eigenvalue weighted by Crippen LogP contribution is -2.29. The molecular formula is C10H13N3O4S. The number of nitrogens with two attached hydrogens (primary N) is 1. The quantitative estimate of drug-likeness (QED) is 0.771. The van der Waals surface area contributed by atoms with Crippen LogP contribution in [0.2, 0.25) is 0 Å². The van der Waals surface area contributed by atoms with Gasteiger partial charge in [0.25, 0.3) is 0 Å². The summed E-state index contributed by atoms with van der Waals surface area (Å²) in [4.78, 5) is 26.7. The van der Waals surface area contributed by atoms with Crippen LogP contribution in [0, 0.1) is 0 Å². The first-order valence-electron chi connectivity index (χ1n) is 5.40. The second-order valence-corrected chi connectivity index (χ2v) is 4.65. The monoisotopic (exact) mass is 271 g/mol. The summed E-state index contributed by atoms with van der Waals surface area (Å²) in [6.45, 7) is 2.02. The predicted molar refractivity (Wildman–Crippen MR) is 65.9 cm³/mol. The molecule has 0 spiro atoms. The van der Waals surface area contributed by atoms with Crippen LogP contribution in [0.5, 0.6) is 0 Å². The Morgan fingerprint density at radius 3 is 3.22 bits per heavy atom. The van der Waals surface area contributed by atoms with Gasteiger partial charge in [0.15, 0.2) is 0 Å². The number of nitrogens with zero attached hydrogens (tertiary/aromatic N) is 2. The van der Waals surface area contributed by atoms with Gasteiger partial charge < -0.3 is 15.2 Å². The largest absolute Gasteiger partial charge is 0.463 e. The number of rotatable bonds is 3. The third-order valence-electron chi connectivity index (χ3n) is 2.31. The first kappa shape index (κ1) is 12.9. The van der Waals surface area contributed by atoms with Crippen LogP contribution in [-0.2, 0) is 14.3 Å². The van der Waals surface area contributed by atoms with Crippen molar-refractivity contribution in [1.82, 2.24) is 9.55 Å². The van der Waals surface area contributed by atoms with Gasteiger partial charge in [0.2, 0.25) is 5.44 Å². The van der Waals surface area contributed by atoms with E-state index in [0.717, 1.165) is 0 Å². The van der Waals surface area contributed by atoms with Crippen LogP contribution in [0.25, 0.3) is 0 Å². The smallest absolute Gasteiger partial charge is 0.351 e. The van der Waals surface area contributed by atoms with E-state index in [1.165, 1.54) is 28.6 Å². The fourth-order valence-corrected chi connectivity index (χ4v) is 2.51. The second-order valence-electron chi connectivity index (χ2n) is 3.55. The van der Waals surface area contributed by atoms with E-state index in [-0.39, 0.29) is 5.82 Å². The molecule has 2 heterocycles. The molecule has 0 amide bonds. The molecule has 0 saturated carbocycles. The van der Waals surface area contributed by atoms with Crippen molar-refractivity contribution < 1.29 is 14.3 Å². The molecule has 2 rings (SSSR count). The number of carbonyl (C=O) groups excluding carboxylic acids is 1. The van der Waals surface area contributed by atoms with Crippen molar-refractivity contribution in [2.45, 2.75) is 18.6 Å². The van der Waals surface area contributed by atoms with Crippen LogP contribution in [0.4, 0.5) is 5.82 Å². The van der Waals surface area contributed by atoms with E-state index in [1.54, 1.807) is 6.92 Å². The minimum Gasteiger partial charge on any atom is -0.463 e. The average Bonchev–Trinajstić information content (AvgIpc) is 2.78. The molecule has 1 aromatic heterocycles. The van der Waals surface area contributed by atoms with Crippen molar-refractivity contribution in [3.05, 3.63) is 22.7 Å². The Morgan fingerprint density at radius 2 is 2.56 bits per heavy atom. The van der Waals surface area contributed by atoms with Gasteiger partial charge in [-0.3, -0.25) is 4.57 Å². The second kappa shape index (κ2) is 5.40. The van der Waals surface area contributed by atoms with Gasteiger partial charge in [-0.15, -0.1) is 11.8 Å². The van der Waals surface area contributed by atoms with Crippen molar-refractivity contribution in [3.8, 4) is 0 Å². The lowest BCUT2D eigenvalue weighted by atomic mass is 10.5. The standard InChI is InChI=1S/C10H13N3O4S/c1-2-16-8(14)9-17-7(5-18-9)13-4-3-6(11)12-10(13)15/h3-4,7,9H,2,5H2,1H3,(H2,11,12,15)/t7-,9+/m1/s1. The Morgan fingerprint density at radius 1 is 1.78 bits per heavy atom. The maximum atomic E-state index is 11.6. The molecule has 1 saturated heterocycles. The van der Waals surface area contributed by atoms with Gasteiger partial charge in [-0.05, 0) is 13.0 Å². The van der Waals surface area contributed by atoms with Gasteiger partial charge in [-0.1, -0.05) is 0 Å². The van der Waals surface area contributed by atoms with Crippen LogP contribution in [0.1, 0.15) is 13.2 Å². The average molecular weight is 271 g/mol. The molecule has 0 unspecified atom stereocenters. The molecule has 0 aromatic carbocycles. The van der Waals surface area contributed by atoms with Gasteiger partial charge in [-0.2, -0.15) is 4.98 Å². The van der Waals surface area contributed by atoms with Crippen LogP contribution in [0.3, 0.4) is 0 Å². The predicted octanol–water partition coefficient (Wildman–Crippen LogP) is -0.0233. The van der Waals surface area contributed by atoms with Crippen LogP contribution >= 0.6 is 11.8 Å². The number of aromatic nitrogens is 2. The van der Waals surface area contributed by atoms with Gasteiger partial charge in [0.05, 0.1) is 6.61 Å². The molecule has 18 heavy (non-hydrogen) atoms. The first-order valence-corrected chi connectivity index (χ1v) is 6.45.